The van der Waals surface area contributed by atoms with Gasteiger partial charge in [-0.25, -0.2) is 0 Å². The molecule has 0 atom stereocenters. The van der Waals surface area contributed by atoms with Crippen molar-refractivity contribution in [2.75, 3.05) is 0 Å². The summed E-state index contributed by atoms with van der Waals surface area (Å²) in [6.45, 7) is 0. The molecule has 0 unspecified atom stereocenters. The fourth-order valence-electron chi connectivity index (χ4n) is 1.41. The predicted octanol–water partition coefficient (Wildman–Crippen LogP) is 3.44. The lowest BCUT2D eigenvalue weighted by Crippen LogP contribution is -1.86. The molecule has 1 nitrogen and oxygen atoms in total. The Balaban J connectivity index is 2.08. The van der Waals surface area contributed by atoms with Gasteiger partial charge in [-0.1, -0.05) is 42.5 Å². The highest BCUT2D eigenvalue weighted by molar-refractivity contribution is 7.98. The minimum Gasteiger partial charge on any atom is -0.285 e. The largest absolute Gasteiger partial charge is 0.285 e. The summed E-state index contributed by atoms with van der Waals surface area (Å²) in [7, 11) is 0. The molecular formula is C14H11OS. The Morgan fingerprint density at radius 3 is 2.38 bits per heavy atom. The molecule has 0 N–H and O–H groups in total. The maximum Gasteiger partial charge on any atom is 0.234 e. The molecule has 0 saturated carbocycles. The van der Waals surface area contributed by atoms with Crippen molar-refractivity contribution in [3.63, 3.8) is 0 Å². The van der Waals surface area contributed by atoms with Gasteiger partial charge < -0.3 is 0 Å². The van der Waals surface area contributed by atoms with Crippen LogP contribution in [0.4, 0.5) is 0 Å². The summed E-state index contributed by atoms with van der Waals surface area (Å²) in [5, 5.41) is 0. The van der Waals surface area contributed by atoms with E-state index in [4.69, 9.17) is 0 Å². The summed E-state index contributed by atoms with van der Waals surface area (Å²) in [6.07, 6.45) is 1.96. The average molecular weight is 227 g/mol. The van der Waals surface area contributed by atoms with Crippen molar-refractivity contribution in [3.05, 3.63) is 65.7 Å². The van der Waals surface area contributed by atoms with E-state index >= 15 is 0 Å². The van der Waals surface area contributed by atoms with Crippen molar-refractivity contribution in [2.45, 2.75) is 10.6 Å². The van der Waals surface area contributed by atoms with Crippen molar-refractivity contribution in [3.8, 4) is 0 Å². The first-order chi connectivity index (χ1) is 7.90. The molecule has 2 aromatic rings. The van der Waals surface area contributed by atoms with Gasteiger partial charge in [0.15, 0.2) is 0 Å². The van der Waals surface area contributed by atoms with E-state index < -0.39 is 0 Å². The van der Waals surface area contributed by atoms with Gasteiger partial charge in [0.2, 0.25) is 6.29 Å². The third kappa shape index (κ3) is 2.74. The Morgan fingerprint density at radius 2 is 1.62 bits per heavy atom. The van der Waals surface area contributed by atoms with Crippen molar-refractivity contribution < 1.29 is 4.79 Å². The summed E-state index contributed by atoms with van der Waals surface area (Å²) in [6, 6.07) is 17.7. The van der Waals surface area contributed by atoms with E-state index in [-0.39, 0.29) is 0 Å². The first-order valence-electron chi connectivity index (χ1n) is 5.04. The molecule has 1 radical (unpaired) electrons. The number of hydrogen-bond donors (Lipinski definition) is 0. The molecule has 2 heteroatoms. The normalized spacial score (nSPS) is 10.0. The van der Waals surface area contributed by atoms with Gasteiger partial charge in [-0.2, -0.15) is 0 Å². The van der Waals surface area contributed by atoms with Crippen LogP contribution in [0.2, 0.25) is 0 Å². The average Bonchev–Trinajstić information content (AvgIpc) is 2.38. The molecular weight excluding hydrogens is 216 g/mol. The molecule has 0 aliphatic rings. The van der Waals surface area contributed by atoms with Gasteiger partial charge >= 0.3 is 0 Å². The molecule has 0 heterocycles. The Hall–Kier alpha value is -1.54. The summed E-state index contributed by atoms with van der Waals surface area (Å²) >= 11 is 1.66. The van der Waals surface area contributed by atoms with E-state index in [1.54, 1.807) is 17.8 Å². The van der Waals surface area contributed by atoms with Gasteiger partial charge in [0, 0.05) is 16.2 Å². The maximum absolute atomic E-state index is 10.7. The molecule has 79 valence electrons. The molecule has 0 spiro atoms. The Labute approximate surface area is 99.5 Å². The Bertz CT molecular complexity index is 465. The minimum atomic E-state index is 0.642. The maximum atomic E-state index is 10.7. The zero-order valence-corrected chi connectivity index (χ0v) is 9.54. The number of thioether (sulfide) groups is 1. The van der Waals surface area contributed by atoms with Crippen molar-refractivity contribution in [1.82, 2.24) is 0 Å². The molecule has 0 amide bonds. The predicted molar refractivity (Wildman–Crippen MR) is 67.2 cm³/mol. The van der Waals surface area contributed by atoms with Crippen LogP contribution in [0.15, 0.2) is 59.5 Å². The topological polar surface area (TPSA) is 17.1 Å². The van der Waals surface area contributed by atoms with Gasteiger partial charge in [-0.05, 0) is 17.7 Å². The van der Waals surface area contributed by atoms with E-state index in [2.05, 4.69) is 12.1 Å². The first-order valence-corrected chi connectivity index (χ1v) is 6.02. The van der Waals surface area contributed by atoms with Crippen molar-refractivity contribution in [2.24, 2.45) is 0 Å². The molecule has 0 saturated heterocycles. The molecule has 0 aliphatic heterocycles. The van der Waals surface area contributed by atoms with Crippen LogP contribution in [0.25, 0.3) is 0 Å². The van der Waals surface area contributed by atoms with Crippen LogP contribution >= 0.6 is 11.8 Å². The number of carbonyl (C=O) groups excluding carboxylic acids is 1. The molecule has 16 heavy (non-hydrogen) atoms. The van der Waals surface area contributed by atoms with E-state index in [1.165, 1.54) is 5.56 Å². The van der Waals surface area contributed by atoms with E-state index in [0.29, 0.717) is 5.56 Å². The highest BCUT2D eigenvalue weighted by atomic mass is 32.2. The van der Waals surface area contributed by atoms with Crippen LogP contribution in [0.3, 0.4) is 0 Å². The highest BCUT2D eigenvalue weighted by Gasteiger charge is 2.01. The van der Waals surface area contributed by atoms with Crippen LogP contribution in [-0.4, -0.2) is 6.29 Å². The van der Waals surface area contributed by atoms with E-state index in [1.807, 2.05) is 42.7 Å². The first kappa shape index (κ1) is 11.0. The molecule has 0 bridgehead atoms. The van der Waals surface area contributed by atoms with Gasteiger partial charge in [-0.3, -0.25) is 4.79 Å². The highest BCUT2D eigenvalue weighted by Crippen LogP contribution is 2.24. The number of rotatable bonds is 4. The second-order valence-corrected chi connectivity index (χ2v) is 4.39. The molecule has 0 aliphatic carbocycles. The van der Waals surface area contributed by atoms with Crippen LogP contribution in [0.5, 0.6) is 0 Å². The number of hydrogen-bond acceptors (Lipinski definition) is 2. The Kier molecular flexibility index (Phi) is 3.78. The van der Waals surface area contributed by atoms with Gasteiger partial charge in [0.1, 0.15) is 0 Å². The lowest BCUT2D eigenvalue weighted by atomic mass is 10.2. The number of benzene rings is 2. The summed E-state index contributed by atoms with van der Waals surface area (Å²) in [5.41, 5.74) is 1.90. The summed E-state index contributed by atoms with van der Waals surface area (Å²) < 4.78 is 0. The van der Waals surface area contributed by atoms with Crippen molar-refractivity contribution >= 4 is 18.0 Å². The van der Waals surface area contributed by atoms with Crippen LogP contribution in [0.1, 0.15) is 11.1 Å². The molecule has 2 aromatic carbocycles. The van der Waals surface area contributed by atoms with Gasteiger partial charge in [-0.15, -0.1) is 11.8 Å². The quantitative estimate of drug-likeness (QED) is 0.744. The summed E-state index contributed by atoms with van der Waals surface area (Å²) in [4.78, 5) is 11.7. The monoisotopic (exact) mass is 227 g/mol. The zero-order valence-electron chi connectivity index (χ0n) is 8.72. The van der Waals surface area contributed by atoms with Crippen LogP contribution < -0.4 is 0 Å². The lowest BCUT2D eigenvalue weighted by molar-refractivity contribution is 0.562. The molecule has 0 fully saturated rings. The lowest BCUT2D eigenvalue weighted by Gasteiger charge is -2.03. The third-order valence-electron chi connectivity index (χ3n) is 2.23. The van der Waals surface area contributed by atoms with Crippen LogP contribution in [-0.2, 0) is 10.5 Å². The van der Waals surface area contributed by atoms with Gasteiger partial charge in [0.25, 0.3) is 0 Å². The SMILES string of the molecule is O=[C]c1ccccc1SCc1ccccc1. The smallest absolute Gasteiger partial charge is 0.234 e. The van der Waals surface area contributed by atoms with E-state index in [0.717, 1.165) is 10.6 Å². The van der Waals surface area contributed by atoms with Crippen molar-refractivity contribution in [1.29, 1.82) is 0 Å². The zero-order chi connectivity index (χ0) is 11.2. The minimum absolute atomic E-state index is 0.642. The second-order valence-electron chi connectivity index (χ2n) is 3.37. The second kappa shape index (κ2) is 5.52. The molecule has 0 aromatic heterocycles. The standard InChI is InChI=1S/C14H11OS/c15-10-13-8-4-5-9-14(13)16-11-12-6-2-1-3-7-12/h1-9H,11H2. The molecule has 2 rings (SSSR count). The van der Waals surface area contributed by atoms with E-state index in [9.17, 15) is 4.79 Å². The Morgan fingerprint density at radius 1 is 0.938 bits per heavy atom. The van der Waals surface area contributed by atoms with Crippen LogP contribution in [0, 0.1) is 0 Å². The summed E-state index contributed by atoms with van der Waals surface area (Å²) in [5.74, 6) is 0.875. The fourth-order valence-corrected chi connectivity index (χ4v) is 2.37. The van der Waals surface area contributed by atoms with Gasteiger partial charge in [0.05, 0.1) is 0 Å². The third-order valence-corrected chi connectivity index (χ3v) is 3.38. The fraction of sp³-hybridized carbons (Fsp3) is 0.0714.